The molecule has 0 aromatic heterocycles. The van der Waals surface area contributed by atoms with Crippen LogP contribution in [0.3, 0.4) is 0 Å². The van der Waals surface area contributed by atoms with Gasteiger partial charge in [0.1, 0.15) is 11.8 Å². The van der Waals surface area contributed by atoms with Crippen molar-refractivity contribution in [2.75, 3.05) is 13.2 Å². The van der Waals surface area contributed by atoms with Crippen molar-refractivity contribution in [1.29, 1.82) is 0 Å². The monoisotopic (exact) mass is 334 g/mol. The molecule has 0 aliphatic heterocycles. The molecule has 0 bridgehead atoms. The van der Waals surface area contributed by atoms with Crippen LogP contribution in [0.25, 0.3) is 0 Å². The van der Waals surface area contributed by atoms with Crippen molar-refractivity contribution < 1.29 is 23.9 Å². The number of hydrogen-bond donors (Lipinski definition) is 2. The van der Waals surface area contributed by atoms with E-state index < -0.39 is 29.9 Å². The Morgan fingerprint density at radius 2 is 1.88 bits per heavy atom. The maximum Gasteiger partial charge on any atom is 0.329 e. The van der Waals surface area contributed by atoms with Crippen LogP contribution >= 0.6 is 0 Å². The van der Waals surface area contributed by atoms with Gasteiger partial charge in [-0.05, 0) is 26.0 Å². The summed E-state index contributed by atoms with van der Waals surface area (Å²) in [4.78, 5) is 35.2. The molecule has 0 aliphatic carbocycles. The second-order valence-corrected chi connectivity index (χ2v) is 5.00. The molecule has 1 aromatic carbocycles. The largest absolute Gasteiger partial charge is 0.484 e. The summed E-state index contributed by atoms with van der Waals surface area (Å²) in [6.07, 6.45) is 0.555. The Balaban J connectivity index is 2.35. The van der Waals surface area contributed by atoms with E-state index in [0.717, 1.165) is 0 Å². The van der Waals surface area contributed by atoms with Gasteiger partial charge >= 0.3 is 5.97 Å². The predicted octanol–water partition coefficient (Wildman–Crippen LogP) is 0.804. The molecule has 24 heavy (non-hydrogen) atoms. The van der Waals surface area contributed by atoms with Crippen molar-refractivity contribution in [3.8, 4) is 5.75 Å². The molecule has 0 saturated heterocycles. The topological polar surface area (TPSA) is 93.7 Å². The Bertz CT molecular complexity index is 574. The highest BCUT2D eigenvalue weighted by atomic mass is 16.5. The Kier molecular flexibility index (Phi) is 8.04. The minimum atomic E-state index is -0.961. The molecule has 1 rings (SSSR count). The lowest BCUT2D eigenvalue weighted by atomic mass is 10.3. The van der Waals surface area contributed by atoms with E-state index in [1.807, 2.05) is 6.07 Å². The van der Waals surface area contributed by atoms with Crippen LogP contribution in [0.15, 0.2) is 43.0 Å². The summed E-state index contributed by atoms with van der Waals surface area (Å²) in [6, 6.07) is 7.94. The number of amides is 2. The maximum absolute atomic E-state index is 11.9. The zero-order valence-corrected chi connectivity index (χ0v) is 13.8. The van der Waals surface area contributed by atoms with Crippen LogP contribution in [0.2, 0.25) is 0 Å². The van der Waals surface area contributed by atoms with Crippen molar-refractivity contribution in [3.63, 3.8) is 0 Å². The summed E-state index contributed by atoms with van der Waals surface area (Å²) in [7, 11) is 0. The molecule has 7 nitrogen and oxygen atoms in total. The van der Waals surface area contributed by atoms with Gasteiger partial charge in [-0.25, -0.2) is 4.79 Å². The van der Waals surface area contributed by atoms with E-state index in [2.05, 4.69) is 17.2 Å². The van der Waals surface area contributed by atoms with Gasteiger partial charge in [0.15, 0.2) is 12.7 Å². The molecule has 2 atom stereocenters. The summed E-state index contributed by atoms with van der Waals surface area (Å²) < 4.78 is 10.3. The quantitative estimate of drug-likeness (QED) is 0.515. The third-order valence-electron chi connectivity index (χ3n) is 2.93. The Morgan fingerprint density at radius 1 is 1.21 bits per heavy atom. The van der Waals surface area contributed by atoms with E-state index in [1.165, 1.54) is 19.9 Å². The number of hydrogen-bond acceptors (Lipinski definition) is 5. The fourth-order valence-corrected chi connectivity index (χ4v) is 1.65. The van der Waals surface area contributed by atoms with Gasteiger partial charge in [-0.3, -0.25) is 9.59 Å². The molecule has 7 heteroatoms. The molecule has 2 amide bonds. The number of para-hydroxylation sites is 1. The highest BCUT2D eigenvalue weighted by molar-refractivity contribution is 5.87. The highest BCUT2D eigenvalue weighted by Gasteiger charge is 2.22. The van der Waals surface area contributed by atoms with Crippen molar-refractivity contribution >= 4 is 17.8 Å². The van der Waals surface area contributed by atoms with Crippen LogP contribution in [0.5, 0.6) is 5.75 Å². The van der Waals surface area contributed by atoms with Crippen LogP contribution in [-0.2, 0) is 19.1 Å². The normalized spacial score (nSPS) is 12.4. The third kappa shape index (κ3) is 6.95. The third-order valence-corrected chi connectivity index (χ3v) is 2.93. The molecule has 130 valence electrons. The number of rotatable bonds is 9. The molecular weight excluding hydrogens is 312 g/mol. The molecule has 0 heterocycles. The van der Waals surface area contributed by atoms with E-state index in [1.54, 1.807) is 24.3 Å². The average Bonchev–Trinajstić information content (AvgIpc) is 2.58. The number of esters is 1. The van der Waals surface area contributed by atoms with Gasteiger partial charge in [0.2, 0.25) is 0 Å². The first kappa shape index (κ1) is 19.2. The van der Waals surface area contributed by atoms with Gasteiger partial charge in [-0.2, -0.15) is 0 Å². The van der Waals surface area contributed by atoms with Crippen LogP contribution in [0.1, 0.15) is 13.8 Å². The molecular formula is C17H22N2O5. The smallest absolute Gasteiger partial charge is 0.329 e. The number of benzene rings is 1. The lowest BCUT2D eigenvalue weighted by Gasteiger charge is -2.17. The van der Waals surface area contributed by atoms with Gasteiger partial charge < -0.3 is 20.1 Å². The first-order valence-electron chi connectivity index (χ1n) is 7.50. The summed E-state index contributed by atoms with van der Waals surface area (Å²) in [5.74, 6) is -1.05. The van der Waals surface area contributed by atoms with E-state index in [0.29, 0.717) is 5.75 Å². The molecule has 0 aliphatic rings. The Morgan fingerprint density at radius 3 is 2.50 bits per heavy atom. The van der Waals surface area contributed by atoms with Crippen molar-refractivity contribution in [1.82, 2.24) is 10.6 Å². The molecule has 0 saturated carbocycles. The lowest BCUT2D eigenvalue weighted by molar-refractivity contribution is -0.157. The minimum Gasteiger partial charge on any atom is -0.484 e. The van der Waals surface area contributed by atoms with Crippen LogP contribution < -0.4 is 15.4 Å². The van der Waals surface area contributed by atoms with Crippen LogP contribution in [0, 0.1) is 0 Å². The van der Waals surface area contributed by atoms with Crippen molar-refractivity contribution in [2.24, 2.45) is 0 Å². The van der Waals surface area contributed by atoms with Gasteiger partial charge in [-0.15, -0.1) is 6.58 Å². The molecule has 0 spiro atoms. The first-order chi connectivity index (χ1) is 11.4. The lowest BCUT2D eigenvalue weighted by Crippen LogP contribution is -2.44. The summed E-state index contributed by atoms with van der Waals surface area (Å²) in [5.41, 5.74) is 0. The van der Waals surface area contributed by atoms with E-state index >= 15 is 0 Å². The zero-order valence-electron chi connectivity index (χ0n) is 13.8. The SMILES string of the molecule is C=CCNC(=O)[C@H](C)OC(=O)[C@H](C)NC(=O)COc1ccccc1. The number of carbonyl (C=O) groups excluding carboxylic acids is 3. The number of ether oxygens (including phenoxy) is 2. The van der Waals surface area contributed by atoms with Crippen LogP contribution in [-0.4, -0.2) is 43.1 Å². The minimum absolute atomic E-state index is 0.225. The first-order valence-corrected chi connectivity index (χ1v) is 7.50. The molecule has 0 radical (unpaired) electrons. The summed E-state index contributed by atoms with van der Waals surface area (Å²) in [5, 5.41) is 4.97. The van der Waals surface area contributed by atoms with E-state index in [-0.39, 0.29) is 13.2 Å². The summed E-state index contributed by atoms with van der Waals surface area (Å²) >= 11 is 0. The molecule has 0 fully saturated rings. The van der Waals surface area contributed by atoms with Crippen molar-refractivity contribution in [3.05, 3.63) is 43.0 Å². The van der Waals surface area contributed by atoms with Crippen LogP contribution in [0.4, 0.5) is 0 Å². The fraction of sp³-hybridized carbons (Fsp3) is 0.353. The summed E-state index contributed by atoms with van der Waals surface area (Å²) in [6.45, 7) is 6.44. The zero-order chi connectivity index (χ0) is 17.9. The van der Waals surface area contributed by atoms with E-state index in [4.69, 9.17) is 9.47 Å². The fourth-order valence-electron chi connectivity index (χ4n) is 1.65. The molecule has 1 aromatic rings. The van der Waals surface area contributed by atoms with Gasteiger partial charge in [-0.1, -0.05) is 24.3 Å². The highest BCUT2D eigenvalue weighted by Crippen LogP contribution is 2.07. The van der Waals surface area contributed by atoms with Crippen molar-refractivity contribution in [2.45, 2.75) is 26.0 Å². The van der Waals surface area contributed by atoms with Gasteiger partial charge in [0.05, 0.1) is 0 Å². The number of carbonyl (C=O) groups is 3. The van der Waals surface area contributed by atoms with Gasteiger partial charge in [0.25, 0.3) is 11.8 Å². The number of nitrogens with one attached hydrogen (secondary N) is 2. The molecule has 2 N–H and O–H groups in total. The second kappa shape index (κ2) is 10.0. The maximum atomic E-state index is 11.9. The predicted molar refractivity (Wildman–Crippen MR) is 88.3 cm³/mol. The second-order valence-electron chi connectivity index (χ2n) is 5.00. The Hall–Kier alpha value is -2.83. The molecule has 0 unspecified atom stereocenters. The van der Waals surface area contributed by atoms with Gasteiger partial charge in [0, 0.05) is 6.54 Å². The average molecular weight is 334 g/mol. The van der Waals surface area contributed by atoms with E-state index in [9.17, 15) is 14.4 Å². The Labute approximate surface area is 141 Å². The standard InChI is InChI=1S/C17H22N2O5/c1-4-10-18-16(21)13(3)24-17(22)12(2)19-15(20)11-23-14-8-6-5-7-9-14/h4-9,12-13H,1,10-11H2,2-3H3,(H,18,21)(H,19,20)/t12-,13-/m0/s1.